The lowest BCUT2D eigenvalue weighted by Gasteiger charge is -2.14. The Balaban J connectivity index is 1.56. The number of imide groups is 1. The third-order valence-electron chi connectivity index (χ3n) is 4.19. The van der Waals surface area contributed by atoms with Crippen LogP contribution in [0.1, 0.15) is 18.1 Å². The van der Waals surface area contributed by atoms with Gasteiger partial charge in [0.2, 0.25) is 0 Å². The fourth-order valence-electron chi connectivity index (χ4n) is 2.91. The van der Waals surface area contributed by atoms with Crippen LogP contribution in [0.3, 0.4) is 0 Å². The molecule has 2 aliphatic heterocycles. The highest BCUT2D eigenvalue weighted by molar-refractivity contribution is 6.21. The van der Waals surface area contributed by atoms with E-state index < -0.39 is 12.1 Å². The second-order valence-corrected chi connectivity index (χ2v) is 5.83. The maximum Gasteiger partial charge on any atom is 0.329 e. The van der Waals surface area contributed by atoms with Gasteiger partial charge in [-0.25, -0.2) is 9.69 Å². The van der Waals surface area contributed by atoms with E-state index in [-0.39, 0.29) is 5.91 Å². The summed E-state index contributed by atoms with van der Waals surface area (Å²) < 4.78 is 11.4. The van der Waals surface area contributed by atoms with Crippen LogP contribution in [0.25, 0.3) is 0 Å². The van der Waals surface area contributed by atoms with Crippen molar-refractivity contribution in [2.24, 2.45) is 0 Å². The Morgan fingerprint density at radius 2 is 1.92 bits per heavy atom. The van der Waals surface area contributed by atoms with Crippen LogP contribution < -0.4 is 15.0 Å². The third-order valence-corrected chi connectivity index (χ3v) is 4.19. The molecule has 4 rings (SSSR count). The quantitative estimate of drug-likeness (QED) is 0.882. The zero-order chi connectivity index (χ0) is 16.7. The largest absolute Gasteiger partial charge is 0.457 e. The first-order chi connectivity index (χ1) is 11.6. The summed E-state index contributed by atoms with van der Waals surface area (Å²) in [7, 11) is 0. The molecule has 0 radical (unpaired) electrons. The number of hydrogen-bond acceptors (Lipinski definition) is 4. The van der Waals surface area contributed by atoms with E-state index in [1.807, 2.05) is 18.2 Å². The maximum absolute atomic E-state index is 12.0. The molecule has 0 spiro atoms. The average molecular weight is 324 g/mol. The Kier molecular flexibility index (Phi) is 3.46. The van der Waals surface area contributed by atoms with Crippen molar-refractivity contribution in [3.63, 3.8) is 0 Å². The molecule has 0 unspecified atom stereocenters. The van der Waals surface area contributed by atoms with Crippen molar-refractivity contribution in [2.75, 3.05) is 4.90 Å². The number of hydrogen-bond donors (Lipinski definition) is 1. The molecule has 2 aromatic rings. The van der Waals surface area contributed by atoms with E-state index >= 15 is 0 Å². The minimum atomic E-state index is -0.500. The summed E-state index contributed by atoms with van der Waals surface area (Å²) >= 11 is 0. The molecule has 2 aromatic carbocycles. The van der Waals surface area contributed by atoms with E-state index in [0.717, 1.165) is 21.8 Å². The van der Waals surface area contributed by atoms with E-state index in [1.165, 1.54) is 0 Å². The van der Waals surface area contributed by atoms with Gasteiger partial charge in [0, 0.05) is 5.56 Å². The van der Waals surface area contributed by atoms with Gasteiger partial charge in [0.1, 0.15) is 17.5 Å². The van der Waals surface area contributed by atoms with Gasteiger partial charge in [-0.15, -0.1) is 0 Å². The first-order valence-corrected chi connectivity index (χ1v) is 7.74. The van der Waals surface area contributed by atoms with Crippen molar-refractivity contribution in [2.45, 2.75) is 26.2 Å². The Bertz CT molecular complexity index is 816. The summed E-state index contributed by atoms with van der Waals surface area (Å²) in [6, 6.07) is 11.8. The molecule has 0 aromatic heterocycles. The summed E-state index contributed by atoms with van der Waals surface area (Å²) in [5.74, 6) is 1.15. The fraction of sp³-hybridized carbons (Fsp3) is 0.222. The average Bonchev–Trinajstić information content (AvgIpc) is 3.15. The molecule has 6 heteroatoms. The smallest absolute Gasteiger partial charge is 0.329 e. The maximum atomic E-state index is 12.0. The number of rotatable bonds is 3. The van der Waals surface area contributed by atoms with Gasteiger partial charge in [0.25, 0.3) is 5.91 Å². The van der Waals surface area contributed by atoms with Crippen molar-refractivity contribution < 1.29 is 19.1 Å². The lowest BCUT2D eigenvalue weighted by atomic mass is 10.1. The molecule has 0 saturated carbocycles. The molecule has 1 saturated heterocycles. The number of amides is 3. The molecule has 2 heterocycles. The van der Waals surface area contributed by atoms with Crippen molar-refractivity contribution in [3.8, 4) is 11.5 Å². The van der Waals surface area contributed by atoms with Crippen LogP contribution in [0.15, 0.2) is 42.5 Å². The van der Waals surface area contributed by atoms with Crippen molar-refractivity contribution in [1.82, 2.24) is 5.32 Å². The van der Waals surface area contributed by atoms with Crippen LogP contribution in [0.5, 0.6) is 11.5 Å². The standard InChI is InChI=1S/C18H16N2O4/c1-11-17(21)20(18(22)19-11)13-5-7-14(8-6-13)24-16-4-2-3-12-9-23-10-15(12)16/h2-8,11H,9-10H2,1H3,(H,19,22)/t11-/m1/s1. The van der Waals surface area contributed by atoms with Crippen LogP contribution in [-0.2, 0) is 22.7 Å². The first kappa shape index (κ1) is 14.7. The van der Waals surface area contributed by atoms with Gasteiger partial charge >= 0.3 is 6.03 Å². The highest BCUT2D eigenvalue weighted by atomic mass is 16.5. The highest BCUT2D eigenvalue weighted by Crippen LogP contribution is 2.33. The zero-order valence-electron chi connectivity index (χ0n) is 13.1. The molecule has 3 amide bonds. The Morgan fingerprint density at radius 1 is 1.12 bits per heavy atom. The molecule has 0 bridgehead atoms. The van der Waals surface area contributed by atoms with E-state index in [2.05, 4.69) is 5.32 Å². The van der Waals surface area contributed by atoms with Gasteiger partial charge in [-0.3, -0.25) is 4.79 Å². The number of ether oxygens (including phenoxy) is 2. The highest BCUT2D eigenvalue weighted by Gasteiger charge is 2.36. The van der Waals surface area contributed by atoms with Gasteiger partial charge in [-0.05, 0) is 42.8 Å². The Hall–Kier alpha value is -2.86. The monoisotopic (exact) mass is 324 g/mol. The van der Waals surface area contributed by atoms with Crippen LogP contribution in [-0.4, -0.2) is 18.0 Å². The Labute approximate surface area is 139 Å². The number of carbonyl (C=O) groups excluding carboxylic acids is 2. The van der Waals surface area contributed by atoms with Crippen LogP contribution in [0.2, 0.25) is 0 Å². The number of urea groups is 1. The van der Waals surface area contributed by atoms with E-state index in [9.17, 15) is 9.59 Å². The van der Waals surface area contributed by atoms with Gasteiger partial charge in [0.15, 0.2) is 0 Å². The second-order valence-electron chi connectivity index (χ2n) is 5.83. The fourth-order valence-corrected chi connectivity index (χ4v) is 2.91. The molecule has 6 nitrogen and oxygen atoms in total. The number of nitrogens with one attached hydrogen (secondary N) is 1. The van der Waals surface area contributed by atoms with Crippen molar-refractivity contribution >= 4 is 17.6 Å². The summed E-state index contributed by atoms with van der Waals surface area (Å²) in [4.78, 5) is 25.0. The number of benzene rings is 2. The van der Waals surface area contributed by atoms with Gasteiger partial charge in [-0.1, -0.05) is 12.1 Å². The topological polar surface area (TPSA) is 67.9 Å². The van der Waals surface area contributed by atoms with Crippen LogP contribution in [0.4, 0.5) is 10.5 Å². The lowest BCUT2D eigenvalue weighted by molar-refractivity contribution is -0.117. The molecule has 1 atom stereocenters. The normalized spacial score (nSPS) is 19.4. The van der Waals surface area contributed by atoms with Gasteiger partial charge in [0.05, 0.1) is 18.9 Å². The van der Waals surface area contributed by atoms with Gasteiger partial charge in [-0.2, -0.15) is 0 Å². The Morgan fingerprint density at radius 3 is 2.62 bits per heavy atom. The lowest BCUT2D eigenvalue weighted by Crippen LogP contribution is -2.30. The van der Waals surface area contributed by atoms with E-state index in [4.69, 9.17) is 9.47 Å². The first-order valence-electron chi connectivity index (χ1n) is 7.74. The van der Waals surface area contributed by atoms with Crippen molar-refractivity contribution in [3.05, 3.63) is 53.6 Å². The molecular formula is C18H16N2O4. The zero-order valence-corrected chi connectivity index (χ0v) is 13.1. The van der Waals surface area contributed by atoms with E-state index in [0.29, 0.717) is 24.7 Å². The van der Waals surface area contributed by atoms with Crippen molar-refractivity contribution in [1.29, 1.82) is 0 Å². The summed E-state index contributed by atoms with van der Waals surface area (Å²) in [5, 5.41) is 2.59. The molecule has 1 N–H and O–H groups in total. The van der Waals surface area contributed by atoms with Gasteiger partial charge < -0.3 is 14.8 Å². The second kappa shape index (κ2) is 5.65. The number of carbonyl (C=O) groups is 2. The summed E-state index contributed by atoms with van der Waals surface area (Å²) in [5.41, 5.74) is 2.72. The minimum Gasteiger partial charge on any atom is -0.457 e. The molecule has 122 valence electrons. The molecule has 2 aliphatic rings. The summed E-state index contributed by atoms with van der Waals surface area (Å²) in [6.07, 6.45) is 0. The number of fused-ring (bicyclic) bond motifs is 1. The SMILES string of the molecule is C[C@H]1NC(=O)N(c2ccc(Oc3cccc4c3COC4)cc2)C1=O. The predicted octanol–water partition coefficient (Wildman–Crippen LogP) is 2.95. The molecule has 1 fully saturated rings. The number of anilines is 1. The molecule has 0 aliphatic carbocycles. The number of nitrogens with zero attached hydrogens (tertiary/aromatic N) is 1. The predicted molar refractivity (Wildman–Crippen MR) is 86.9 cm³/mol. The van der Waals surface area contributed by atoms with E-state index in [1.54, 1.807) is 31.2 Å². The van der Waals surface area contributed by atoms with Crippen LogP contribution in [0, 0.1) is 0 Å². The van der Waals surface area contributed by atoms with Crippen LogP contribution >= 0.6 is 0 Å². The molecule has 24 heavy (non-hydrogen) atoms. The third kappa shape index (κ3) is 2.41. The summed E-state index contributed by atoms with van der Waals surface area (Å²) in [6.45, 7) is 2.82. The minimum absolute atomic E-state index is 0.258. The molecular weight excluding hydrogens is 308 g/mol.